The van der Waals surface area contributed by atoms with Crippen molar-refractivity contribution in [2.24, 2.45) is 11.8 Å². The summed E-state index contributed by atoms with van der Waals surface area (Å²) in [6.07, 6.45) is 11.7. The first-order valence-corrected chi connectivity index (χ1v) is 8.34. The van der Waals surface area contributed by atoms with Crippen LogP contribution in [0.15, 0.2) is 0 Å². The molecule has 0 amide bonds. The molecule has 0 aromatic carbocycles. The lowest BCUT2D eigenvalue weighted by atomic mass is 9.93. The lowest BCUT2D eigenvalue weighted by molar-refractivity contribution is 0.122. The number of hydrogen-bond acceptors (Lipinski definition) is 2. The van der Waals surface area contributed by atoms with E-state index in [-0.39, 0.29) is 0 Å². The molecule has 4 atom stereocenters. The number of nitrogens with zero attached hydrogens (tertiary/aromatic N) is 1. The van der Waals surface area contributed by atoms with Gasteiger partial charge in [0.2, 0.25) is 0 Å². The van der Waals surface area contributed by atoms with Gasteiger partial charge in [-0.25, -0.2) is 0 Å². The average molecular weight is 250 g/mol. The molecule has 2 bridgehead atoms. The lowest BCUT2D eigenvalue weighted by Gasteiger charge is -2.38. The summed E-state index contributed by atoms with van der Waals surface area (Å²) >= 11 is 0. The van der Waals surface area contributed by atoms with Crippen LogP contribution in [0.3, 0.4) is 0 Å². The molecule has 0 aromatic rings. The van der Waals surface area contributed by atoms with Gasteiger partial charge in [-0.05, 0) is 63.5 Å². The van der Waals surface area contributed by atoms with Crippen molar-refractivity contribution < 1.29 is 0 Å². The molecule has 3 fully saturated rings. The fraction of sp³-hybridized carbons (Fsp3) is 1.00. The summed E-state index contributed by atoms with van der Waals surface area (Å²) in [6.45, 7) is 6.24. The van der Waals surface area contributed by atoms with Gasteiger partial charge >= 0.3 is 0 Å². The Kier molecular flexibility index (Phi) is 4.25. The van der Waals surface area contributed by atoms with Gasteiger partial charge in [0.05, 0.1) is 0 Å². The second kappa shape index (κ2) is 5.92. The molecule has 18 heavy (non-hydrogen) atoms. The Morgan fingerprint density at radius 3 is 2.67 bits per heavy atom. The highest BCUT2D eigenvalue weighted by molar-refractivity contribution is 4.96. The first-order valence-electron chi connectivity index (χ1n) is 8.34. The SMILES string of the molecule is CCCN(CC1CCCCN1)C1CC2CCC1C2. The van der Waals surface area contributed by atoms with Gasteiger partial charge in [0, 0.05) is 18.6 Å². The minimum absolute atomic E-state index is 0.782. The van der Waals surface area contributed by atoms with Crippen LogP contribution >= 0.6 is 0 Å². The van der Waals surface area contributed by atoms with Crippen molar-refractivity contribution in [1.29, 1.82) is 0 Å². The van der Waals surface area contributed by atoms with E-state index in [4.69, 9.17) is 0 Å². The van der Waals surface area contributed by atoms with Gasteiger partial charge in [-0.2, -0.15) is 0 Å². The molecular formula is C16H30N2. The largest absolute Gasteiger partial charge is 0.313 e. The number of rotatable bonds is 5. The number of fused-ring (bicyclic) bond motifs is 2. The highest BCUT2D eigenvalue weighted by Crippen LogP contribution is 2.46. The quantitative estimate of drug-likeness (QED) is 0.807. The second-order valence-electron chi connectivity index (χ2n) is 6.88. The van der Waals surface area contributed by atoms with Crippen LogP contribution in [0.4, 0.5) is 0 Å². The van der Waals surface area contributed by atoms with Crippen LogP contribution in [0.1, 0.15) is 58.3 Å². The molecule has 0 aromatic heterocycles. The monoisotopic (exact) mass is 250 g/mol. The summed E-state index contributed by atoms with van der Waals surface area (Å²) in [6, 6.07) is 1.72. The summed E-state index contributed by atoms with van der Waals surface area (Å²) in [7, 11) is 0. The highest BCUT2D eigenvalue weighted by atomic mass is 15.2. The Morgan fingerprint density at radius 1 is 1.11 bits per heavy atom. The molecule has 2 saturated carbocycles. The summed E-state index contributed by atoms with van der Waals surface area (Å²) in [5, 5.41) is 3.73. The van der Waals surface area contributed by atoms with Gasteiger partial charge in [-0.3, -0.25) is 4.90 Å². The fourth-order valence-corrected chi connectivity index (χ4v) is 4.70. The Morgan fingerprint density at radius 2 is 2.06 bits per heavy atom. The van der Waals surface area contributed by atoms with Crippen molar-refractivity contribution in [3.63, 3.8) is 0 Å². The molecule has 2 heteroatoms. The van der Waals surface area contributed by atoms with E-state index in [9.17, 15) is 0 Å². The second-order valence-corrected chi connectivity index (χ2v) is 6.88. The van der Waals surface area contributed by atoms with Gasteiger partial charge in [0.25, 0.3) is 0 Å². The molecule has 0 radical (unpaired) electrons. The molecule has 4 unspecified atom stereocenters. The molecule has 1 N–H and O–H groups in total. The molecule has 0 spiro atoms. The van der Waals surface area contributed by atoms with Gasteiger partial charge in [0.1, 0.15) is 0 Å². The summed E-state index contributed by atoms with van der Waals surface area (Å²) < 4.78 is 0. The number of piperidine rings is 1. The topological polar surface area (TPSA) is 15.3 Å². The van der Waals surface area contributed by atoms with Crippen molar-refractivity contribution in [3.8, 4) is 0 Å². The highest BCUT2D eigenvalue weighted by Gasteiger charge is 2.42. The molecule has 1 saturated heterocycles. The molecule has 3 aliphatic rings. The molecule has 2 nitrogen and oxygen atoms in total. The van der Waals surface area contributed by atoms with E-state index in [1.807, 2.05) is 0 Å². The van der Waals surface area contributed by atoms with Gasteiger partial charge in [-0.15, -0.1) is 0 Å². The minimum Gasteiger partial charge on any atom is -0.313 e. The summed E-state index contributed by atoms with van der Waals surface area (Å²) in [4.78, 5) is 2.85. The van der Waals surface area contributed by atoms with E-state index in [0.717, 1.165) is 23.9 Å². The molecule has 104 valence electrons. The molecular weight excluding hydrogens is 220 g/mol. The molecule has 2 aliphatic carbocycles. The minimum atomic E-state index is 0.782. The van der Waals surface area contributed by atoms with E-state index in [2.05, 4.69) is 17.1 Å². The van der Waals surface area contributed by atoms with Crippen molar-refractivity contribution >= 4 is 0 Å². The van der Waals surface area contributed by atoms with Crippen LogP contribution in [0.2, 0.25) is 0 Å². The van der Waals surface area contributed by atoms with Crippen molar-refractivity contribution in [2.75, 3.05) is 19.6 Å². The smallest absolute Gasteiger partial charge is 0.0195 e. The Labute approximate surface area is 113 Å². The number of nitrogens with one attached hydrogen (secondary N) is 1. The Balaban J connectivity index is 1.57. The lowest BCUT2D eigenvalue weighted by Crippen LogP contribution is -2.49. The van der Waals surface area contributed by atoms with Gasteiger partial charge in [-0.1, -0.05) is 19.8 Å². The number of hydrogen-bond donors (Lipinski definition) is 1. The molecule has 1 heterocycles. The van der Waals surface area contributed by atoms with Crippen LogP contribution in [0, 0.1) is 11.8 Å². The van der Waals surface area contributed by atoms with E-state index >= 15 is 0 Å². The fourth-order valence-electron chi connectivity index (χ4n) is 4.70. The predicted molar refractivity (Wildman–Crippen MR) is 76.7 cm³/mol. The normalized spacial score (nSPS) is 39.7. The van der Waals surface area contributed by atoms with E-state index < -0.39 is 0 Å². The Hall–Kier alpha value is -0.0800. The van der Waals surface area contributed by atoms with Crippen molar-refractivity contribution in [3.05, 3.63) is 0 Å². The average Bonchev–Trinajstić information content (AvgIpc) is 3.02. The van der Waals surface area contributed by atoms with Crippen LogP contribution in [0.5, 0.6) is 0 Å². The van der Waals surface area contributed by atoms with E-state index in [0.29, 0.717) is 0 Å². The zero-order valence-corrected chi connectivity index (χ0v) is 12.0. The van der Waals surface area contributed by atoms with Crippen LogP contribution < -0.4 is 5.32 Å². The maximum absolute atomic E-state index is 3.73. The van der Waals surface area contributed by atoms with Crippen LogP contribution in [0.25, 0.3) is 0 Å². The molecule has 3 rings (SSSR count). The Bertz CT molecular complexity index is 260. The standard InChI is InChI=1S/C16H30N2/c1-2-9-18(12-15-5-3-4-8-17-15)16-11-13-6-7-14(16)10-13/h13-17H,2-12H2,1H3. The van der Waals surface area contributed by atoms with Gasteiger partial charge < -0.3 is 5.32 Å². The molecule has 1 aliphatic heterocycles. The van der Waals surface area contributed by atoms with Crippen molar-refractivity contribution in [2.45, 2.75) is 70.4 Å². The van der Waals surface area contributed by atoms with Crippen LogP contribution in [-0.2, 0) is 0 Å². The van der Waals surface area contributed by atoms with E-state index in [1.165, 1.54) is 64.6 Å². The van der Waals surface area contributed by atoms with E-state index in [1.54, 1.807) is 6.42 Å². The maximum Gasteiger partial charge on any atom is 0.0195 e. The third-order valence-electron chi connectivity index (χ3n) is 5.55. The summed E-state index contributed by atoms with van der Waals surface area (Å²) in [5.74, 6) is 2.13. The third kappa shape index (κ3) is 2.75. The third-order valence-corrected chi connectivity index (χ3v) is 5.55. The first-order chi connectivity index (χ1) is 8.86. The van der Waals surface area contributed by atoms with Crippen LogP contribution in [-0.4, -0.2) is 36.6 Å². The predicted octanol–water partition coefficient (Wildman–Crippen LogP) is 3.03. The zero-order valence-electron chi connectivity index (χ0n) is 12.0. The maximum atomic E-state index is 3.73. The first kappa shape index (κ1) is 12.9. The van der Waals surface area contributed by atoms with Crippen molar-refractivity contribution in [1.82, 2.24) is 10.2 Å². The zero-order chi connectivity index (χ0) is 12.4. The van der Waals surface area contributed by atoms with Gasteiger partial charge in [0.15, 0.2) is 0 Å². The summed E-state index contributed by atoms with van der Waals surface area (Å²) in [5.41, 5.74) is 0.